The number of amides is 1. The van der Waals surface area contributed by atoms with Crippen LogP contribution in [-0.2, 0) is 21.3 Å². The third kappa shape index (κ3) is 7.00. The van der Waals surface area contributed by atoms with Crippen LogP contribution in [0.1, 0.15) is 110 Å². The van der Waals surface area contributed by atoms with Crippen LogP contribution in [0, 0.1) is 25.6 Å². The molecule has 15 nitrogen and oxygen atoms in total. The van der Waals surface area contributed by atoms with E-state index in [4.69, 9.17) is 14.4 Å². The molecule has 2 aliphatic heterocycles. The minimum absolute atomic E-state index is 0.0182. The molecule has 0 spiro atoms. The number of carbonyl (C=O) groups excluding carboxylic acids is 1. The highest BCUT2D eigenvalue weighted by molar-refractivity contribution is 7.72. The van der Waals surface area contributed by atoms with Gasteiger partial charge in [0, 0.05) is 78.2 Å². The van der Waals surface area contributed by atoms with Crippen LogP contribution >= 0.6 is 7.14 Å². The lowest BCUT2D eigenvalue weighted by Gasteiger charge is -2.34. The molecule has 350 valence electrons. The molecule has 7 aromatic rings. The van der Waals surface area contributed by atoms with E-state index in [-0.39, 0.29) is 17.6 Å². The minimum atomic E-state index is -2.85. The molecule has 2 fully saturated rings. The number of anilines is 1. The number of imidazole rings is 1. The lowest BCUT2D eigenvalue weighted by Crippen LogP contribution is -2.41. The number of ether oxygens (including phenoxy) is 1. The Labute approximate surface area is 387 Å². The molecule has 0 bridgehead atoms. The van der Waals surface area contributed by atoms with Gasteiger partial charge < -0.3 is 24.1 Å². The predicted octanol–water partition coefficient (Wildman–Crippen LogP) is 8.10. The van der Waals surface area contributed by atoms with E-state index < -0.39 is 35.3 Å². The first-order valence-corrected chi connectivity index (χ1v) is 25.2. The van der Waals surface area contributed by atoms with E-state index in [0.29, 0.717) is 101 Å². The fraction of sp³-hybridized carbons (Fsp3) is 0.420. The van der Waals surface area contributed by atoms with Crippen molar-refractivity contribution in [2.24, 2.45) is 5.92 Å². The number of H-pyrrole nitrogens is 1. The molecule has 0 radical (unpaired) electrons. The van der Waals surface area contributed by atoms with Gasteiger partial charge in [-0.3, -0.25) is 23.4 Å². The molecular weight excluding hydrogens is 873 g/mol. The van der Waals surface area contributed by atoms with Crippen LogP contribution < -0.4 is 22.1 Å². The maximum atomic E-state index is 15.5. The van der Waals surface area contributed by atoms with Gasteiger partial charge in [-0.25, -0.2) is 18.7 Å². The molecule has 10 rings (SSSR count). The van der Waals surface area contributed by atoms with Crippen molar-refractivity contribution in [3.8, 4) is 17.2 Å². The van der Waals surface area contributed by atoms with Gasteiger partial charge in [0.2, 0.25) is 0 Å². The van der Waals surface area contributed by atoms with Crippen molar-refractivity contribution in [3.05, 3.63) is 133 Å². The van der Waals surface area contributed by atoms with Gasteiger partial charge in [-0.15, -0.1) is 0 Å². The number of hydrogen-bond donors (Lipinski definition) is 2. The standard InChI is InChI=1S/C50H57FN9O6P/c1-28-22-36(23-29(2)43(28)51)60-44(58-19-18-57(48(58)63)35-11-13-41(38(26-35)52-8)67(9,64)49(5,6)7)42-31(4)56(17-14-37(42)54-60)45(61)40-25-34-24-33(32-15-20-65-21-16-32)10-12-39(34)59(40)50(27-30(50)3)46-53-47(62)66-55-46/h10-13,18-19,22-26,30-32,52H,14-17,20-21,27H2,1-9H3,(H,53,55,62). The quantitative estimate of drug-likeness (QED) is 0.136. The van der Waals surface area contributed by atoms with Gasteiger partial charge in [0.25, 0.3) is 5.91 Å². The molecule has 1 saturated heterocycles. The molecule has 3 aromatic carbocycles. The molecule has 3 aliphatic rings. The van der Waals surface area contributed by atoms with Crippen molar-refractivity contribution in [1.29, 1.82) is 0 Å². The third-order valence-corrected chi connectivity index (χ3v) is 18.8. The summed E-state index contributed by atoms with van der Waals surface area (Å²) < 4.78 is 46.8. The van der Waals surface area contributed by atoms with E-state index in [1.807, 2.05) is 55.4 Å². The zero-order valence-electron chi connectivity index (χ0n) is 39.4. The number of nitrogens with one attached hydrogen (secondary N) is 2. The molecular formula is C50H57FN9O6P. The van der Waals surface area contributed by atoms with Crippen molar-refractivity contribution in [3.63, 3.8) is 0 Å². The Hall–Kier alpha value is -6.25. The van der Waals surface area contributed by atoms with E-state index in [1.54, 1.807) is 62.8 Å². The average Bonchev–Trinajstić information content (AvgIpc) is 3.80. The highest BCUT2D eigenvalue weighted by Crippen LogP contribution is 2.57. The molecule has 1 amide bonds. The number of benzene rings is 3. The van der Waals surface area contributed by atoms with E-state index in [9.17, 15) is 14.2 Å². The minimum Gasteiger partial charge on any atom is -0.387 e. The molecule has 17 heteroatoms. The van der Waals surface area contributed by atoms with Crippen LogP contribution in [0.3, 0.4) is 0 Å². The van der Waals surface area contributed by atoms with E-state index in [1.165, 1.54) is 14.7 Å². The molecule has 4 atom stereocenters. The number of hydrogen-bond acceptors (Lipinski definition) is 9. The summed E-state index contributed by atoms with van der Waals surface area (Å²) in [6.45, 7) is 16.8. The normalized spacial score (nSPS) is 20.8. The number of aromatic amines is 1. The fourth-order valence-electron chi connectivity index (χ4n) is 10.6. The van der Waals surface area contributed by atoms with Gasteiger partial charge in [-0.2, -0.15) is 5.10 Å². The van der Waals surface area contributed by atoms with E-state index in [2.05, 4.69) is 40.6 Å². The van der Waals surface area contributed by atoms with Crippen molar-refractivity contribution >= 4 is 34.9 Å². The Morgan fingerprint density at radius 3 is 2.31 bits per heavy atom. The largest absolute Gasteiger partial charge is 0.438 e. The monoisotopic (exact) mass is 929 g/mol. The van der Waals surface area contributed by atoms with Crippen molar-refractivity contribution in [1.82, 2.24) is 38.5 Å². The van der Waals surface area contributed by atoms with Gasteiger partial charge in [0.15, 0.2) is 5.82 Å². The molecule has 4 aromatic heterocycles. The number of halogens is 1. The summed E-state index contributed by atoms with van der Waals surface area (Å²) >= 11 is 0. The highest BCUT2D eigenvalue weighted by atomic mass is 31.2. The summed E-state index contributed by atoms with van der Waals surface area (Å²) in [6, 6.07) is 16.6. The Morgan fingerprint density at radius 2 is 1.67 bits per heavy atom. The SMILES string of the molecule is CNc1cc(-n2ccn(-c3c4c(nn3-c3cc(C)c(F)c(C)c3)CCN(C(=O)c3cc5cc(C6CCOCC6)ccc5n3C3(c5noc(=O)[nH]5)CC3C)C4C)c2=O)ccc1P(C)(=O)C(C)(C)C. The maximum absolute atomic E-state index is 15.5. The Bertz CT molecular complexity index is 3280. The number of fused-ring (bicyclic) bond motifs is 2. The first-order valence-electron chi connectivity index (χ1n) is 23.1. The van der Waals surface area contributed by atoms with E-state index >= 15 is 9.18 Å². The molecule has 4 unspecified atom stereocenters. The second-order valence-corrected chi connectivity index (χ2v) is 23.5. The zero-order valence-corrected chi connectivity index (χ0v) is 40.3. The number of aromatic nitrogens is 7. The van der Waals surface area contributed by atoms with Crippen LogP contribution in [0.4, 0.5) is 10.1 Å². The van der Waals surface area contributed by atoms with Crippen LogP contribution in [0.25, 0.3) is 28.1 Å². The molecule has 2 N–H and O–H groups in total. The zero-order chi connectivity index (χ0) is 47.5. The summed E-state index contributed by atoms with van der Waals surface area (Å²) in [5.41, 5.74) is 5.28. The van der Waals surface area contributed by atoms with E-state index in [0.717, 1.165) is 23.7 Å². The Kier molecular flexibility index (Phi) is 10.6. The Balaban J connectivity index is 1.11. The number of aryl methyl sites for hydroxylation is 2. The summed E-state index contributed by atoms with van der Waals surface area (Å²) in [5, 5.41) is 13.6. The molecule has 6 heterocycles. The summed E-state index contributed by atoms with van der Waals surface area (Å²) in [4.78, 5) is 47.5. The van der Waals surface area contributed by atoms with Crippen LogP contribution in [0.5, 0.6) is 0 Å². The smallest absolute Gasteiger partial charge is 0.387 e. The van der Waals surface area contributed by atoms with Gasteiger partial charge in [-0.1, -0.05) is 38.9 Å². The van der Waals surface area contributed by atoms with Crippen LogP contribution in [0.15, 0.2) is 81.1 Å². The van der Waals surface area contributed by atoms with Crippen LogP contribution in [-0.4, -0.2) is 83.1 Å². The summed E-state index contributed by atoms with van der Waals surface area (Å²) in [5.74, 6) is -0.0718. The highest BCUT2D eigenvalue weighted by Gasteiger charge is 2.59. The summed E-state index contributed by atoms with van der Waals surface area (Å²) in [7, 11) is -1.07. The number of nitrogens with zero attached hydrogens (tertiary/aromatic N) is 7. The third-order valence-electron chi connectivity index (χ3n) is 14.9. The second kappa shape index (κ2) is 15.9. The first-order chi connectivity index (χ1) is 31.8. The topological polar surface area (TPSA) is 167 Å². The van der Waals surface area contributed by atoms with Crippen molar-refractivity contribution < 1.29 is 23.0 Å². The lowest BCUT2D eigenvalue weighted by atomic mass is 9.91. The molecule has 1 aliphatic carbocycles. The average molecular weight is 930 g/mol. The fourth-order valence-corrected chi connectivity index (χ4v) is 12.3. The predicted molar refractivity (Wildman–Crippen MR) is 256 cm³/mol. The van der Waals surface area contributed by atoms with Gasteiger partial charge in [0.05, 0.1) is 23.1 Å². The first kappa shape index (κ1) is 44.6. The van der Waals surface area contributed by atoms with Crippen molar-refractivity contribution in [2.75, 3.05) is 38.8 Å². The molecule has 1 saturated carbocycles. The Morgan fingerprint density at radius 1 is 0.970 bits per heavy atom. The maximum Gasteiger partial charge on any atom is 0.438 e. The molecule has 67 heavy (non-hydrogen) atoms. The number of carbonyl (C=O) groups is 1. The van der Waals surface area contributed by atoms with Gasteiger partial charge >= 0.3 is 11.4 Å². The lowest BCUT2D eigenvalue weighted by molar-refractivity contribution is 0.0663. The number of rotatable bonds is 9. The van der Waals surface area contributed by atoms with Crippen molar-refractivity contribution in [2.45, 2.75) is 96.8 Å². The summed E-state index contributed by atoms with van der Waals surface area (Å²) in [6.07, 6.45) is 6.20. The van der Waals surface area contributed by atoms with Crippen LogP contribution in [0.2, 0.25) is 0 Å². The second-order valence-electron chi connectivity index (χ2n) is 19.8. The van der Waals surface area contributed by atoms with Gasteiger partial charge in [0.1, 0.15) is 30.0 Å². The van der Waals surface area contributed by atoms with Gasteiger partial charge in [-0.05, 0) is 124 Å².